The van der Waals surface area contributed by atoms with Crippen LogP contribution in [-0.4, -0.2) is 57.7 Å². The number of aromatic hydroxyl groups is 1. The number of phenols is 1. The van der Waals surface area contributed by atoms with E-state index in [4.69, 9.17) is 30.5 Å². The van der Waals surface area contributed by atoms with Gasteiger partial charge in [0.2, 0.25) is 5.60 Å². The van der Waals surface area contributed by atoms with Crippen molar-refractivity contribution in [3.05, 3.63) is 101 Å². The fraction of sp³-hybridized carbons (Fsp3) is 0.325. The summed E-state index contributed by atoms with van der Waals surface area (Å²) >= 11 is 6.59. The Morgan fingerprint density at radius 1 is 0.736 bits per heavy atom. The molecule has 0 heterocycles. The molecule has 0 amide bonds. The zero-order valence-corrected chi connectivity index (χ0v) is 32.1. The second-order valence-corrected chi connectivity index (χ2v) is 13.3. The van der Waals surface area contributed by atoms with Crippen LogP contribution in [0.15, 0.2) is 29.6 Å². The second kappa shape index (κ2) is 14.9. The van der Waals surface area contributed by atoms with Gasteiger partial charge in [-0.25, -0.2) is 19.2 Å². The minimum Gasteiger partial charge on any atom is -0.507 e. The summed E-state index contributed by atoms with van der Waals surface area (Å²) in [6.07, 6.45) is 2.42. The molecule has 12 nitrogen and oxygen atoms in total. The summed E-state index contributed by atoms with van der Waals surface area (Å²) in [5, 5.41) is 32.0. The molecule has 3 aromatic rings. The Balaban J connectivity index is 1.67. The molecule has 0 aromatic heterocycles. The molecule has 0 fully saturated rings. The average Bonchev–Trinajstić information content (AvgIpc) is 3.08. The van der Waals surface area contributed by atoms with Gasteiger partial charge in [0.15, 0.2) is 11.5 Å². The van der Waals surface area contributed by atoms with Crippen molar-refractivity contribution in [2.75, 3.05) is 7.11 Å². The van der Waals surface area contributed by atoms with Crippen LogP contribution >= 0.6 is 11.6 Å². The fourth-order valence-electron chi connectivity index (χ4n) is 6.54. The first-order chi connectivity index (χ1) is 24.6. The number of carbonyl (C=O) groups excluding carboxylic acids is 4. The molecule has 280 valence electrons. The number of phenolic OH excluding ortho intramolecular Hbond substituents is 1. The number of methoxy groups -OCH3 is 1. The minimum atomic E-state index is -2.47. The maximum atomic E-state index is 13.7. The number of aryl methyl sites for hydroxylation is 1. The number of halogens is 1. The Morgan fingerprint density at radius 2 is 1.32 bits per heavy atom. The number of aromatic carboxylic acids is 1. The number of aliphatic hydroxyl groups is 1. The molecule has 0 unspecified atom stereocenters. The maximum absolute atomic E-state index is 13.7. The lowest BCUT2D eigenvalue weighted by Gasteiger charge is -2.30. The van der Waals surface area contributed by atoms with Crippen LogP contribution < -0.4 is 14.2 Å². The molecule has 0 radical (unpaired) electrons. The number of carboxylic acids is 1. The average molecular weight is 749 g/mol. The van der Waals surface area contributed by atoms with Gasteiger partial charge in [-0.3, -0.25) is 4.79 Å². The van der Waals surface area contributed by atoms with Crippen molar-refractivity contribution in [3.63, 3.8) is 0 Å². The van der Waals surface area contributed by atoms with Gasteiger partial charge in [0.1, 0.15) is 28.6 Å². The number of hydrogen-bond donors (Lipinski definition) is 3. The van der Waals surface area contributed by atoms with Gasteiger partial charge in [0, 0.05) is 11.6 Å². The zero-order valence-electron chi connectivity index (χ0n) is 31.3. The lowest BCUT2D eigenvalue weighted by molar-refractivity contribution is -0.151. The van der Waals surface area contributed by atoms with Crippen LogP contribution in [0, 0.1) is 55.4 Å². The first kappa shape index (κ1) is 40.3. The molecule has 0 spiro atoms. The quantitative estimate of drug-likeness (QED) is 0.152. The van der Waals surface area contributed by atoms with Gasteiger partial charge in [0.05, 0.1) is 23.3 Å². The monoisotopic (exact) mass is 748 g/mol. The van der Waals surface area contributed by atoms with Crippen molar-refractivity contribution >= 4 is 41.3 Å². The predicted octanol–water partition coefficient (Wildman–Crippen LogP) is 6.91. The fourth-order valence-corrected chi connectivity index (χ4v) is 6.82. The van der Waals surface area contributed by atoms with Crippen molar-refractivity contribution in [1.29, 1.82) is 0 Å². The molecule has 0 saturated heterocycles. The van der Waals surface area contributed by atoms with Crippen molar-refractivity contribution in [3.8, 4) is 23.0 Å². The molecular weight excluding hydrogens is 708 g/mol. The van der Waals surface area contributed by atoms with Gasteiger partial charge >= 0.3 is 23.9 Å². The van der Waals surface area contributed by atoms with Crippen LogP contribution in [0.4, 0.5) is 0 Å². The smallest absolute Gasteiger partial charge is 0.356 e. The summed E-state index contributed by atoms with van der Waals surface area (Å²) in [5.74, 6) is -5.45. The number of ketones is 1. The van der Waals surface area contributed by atoms with Crippen LogP contribution in [0.1, 0.15) is 95.0 Å². The van der Waals surface area contributed by atoms with E-state index in [1.807, 2.05) is 6.92 Å². The Hall–Kier alpha value is -5.46. The Kier molecular flexibility index (Phi) is 11.3. The molecule has 0 aliphatic heterocycles. The molecule has 3 aromatic carbocycles. The van der Waals surface area contributed by atoms with Crippen LogP contribution in [0.25, 0.3) is 0 Å². The SMILES string of the molecule is CCc1c(C)c(C(=O)O)c(C)c(C)c1OC(=O)c1c(C)cc(OC(=O)c2c(C)c(Cl)c(OC(=O)[C@@]3(O)C(C)=CC(=O)C=C3OC)c(C)c2O)c(C)c1C. The summed E-state index contributed by atoms with van der Waals surface area (Å²) < 4.78 is 22.3. The van der Waals surface area contributed by atoms with Crippen LogP contribution in [0.2, 0.25) is 5.02 Å². The first-order valence-electron chi connectivity index (χ1n) is 16.5. The van der Waals surface area contributed by atoms with Gasteiger partial charge in [-0.05, 0) is 131 Å². The molecular formula is C40H41ClO12. The van der Waals surface area contributed by atoms with Gasteiger partial charge in [-0.1, -0.05) is 18.5 Å². The van der Waals surface area contributed by atoms with Crippen molar-refractivity contribution < 1.29 is 58.2 Å². The Morgan fingerprint density at radius 3 is 1.89 bits per heavy atom. The van der Waals surface area contributed by atoms with Gasteiger partial charge < -0.3 is 34.3 Å². The van der Waals surface area contributed by atoms with E-state index in [9.17, 15) is 39.3 Å². The topological polar surface area (TPSA) is 183 Å². The van der Waals surface area contributed by atoms with Crippen LogP contribution in [0.3, 0.4) is 0 Å². The molecule has 53 heavy (non-hydrogen) atoms. The highest BCUT2D eigenvalue weighted by atomic mass is 35.5. The molecule has 13 heteroatoms. The lowest BCUT2D eigenvalue weighted by atomic mass is 9.87. The molecule has 4 rings (SSSR count). The second-order valence-electron chi connectivity index (χ2n) is 13.0. The first-order valence-corrected chi connectivity index (χ1v) is 16.9. The zero-order chi connectivity index (χ0) is 40.0. The lowest BCUT2D eigenvalue weighted by Crippen LogP contribution is -2.47. The number of allylic oxidation sites excluding steroid dienone is 2. The van der Waals surface area contributed by atoms with Crippen molar-refractivity contribution in [2.24, 2.45) is 0 Å². The van der Waals surface area contributed by atoms with E-state index in [0.717, 1.165) is 12.2 Å². The molecule has 1 aliphatic carbocycles. The standard InChI is InChI=1S/C40H41ClO12/c1-12-26-22(8)30(36(44)45)20(6)21(7)34(26)52-37(46)29-16(2)13-27(18(4)19(29)5)51-38(47)31-23(9)32(41)35(24(10)33(31)43)53-39(48)40(49)17(3)14-25(42)15-28(40)50-11/h13-15,43,49H,12H2,1-11H3,(H,44,45)/t40-/m1/s1. The highest BCUT2D eigenvalue weighted by molar-refractivity contribution is 6.34. The third-order valence-corrected chi connectivity index (χ3v) is 10.4. The summed E-state index contributed by atoms with van der Waals surface area (Å²) in [7, 11) is 1.17. The minimum absolute atomic E-state index is 0.00366. The van der Waals surface area contributed by atoms with E-state index in [0.29, 0.717) is 51.1 Å². The van der Waals surface area contributed by atoms with Crippen molar-refractivity contribution in [1.82, 2.24) is 0 Å². The van der Waals surface area contributed by atoms with E-state index >= 15 is 0 Å². The maximum Gasteiger partial charge on any atom is 0.356 e. The highest BCUT2D eigenvalue weighted by Gasteiger charge is 2.48. The number of benzene rings is 3. The Labute approximate surface area is 311 Å². The number of hydrogen-bond acceptors (Lipinski definition) is 11. The normalized spacial score (nSPS) is 15.4. The molecule has 0 bridgehead atoms. The molecule has 1 aliphatic rings. The summed E-state index contributed by atoms with van der Waals surface area (Å²) in [4.78, 5) is 64.6. The molecule has 0 saturated carbocycles. The number of carboxylic acid groups (broad SMARTS) is 1. The van der Waals surface area contributed by atoms with Crippen LogP contribution in [0.5, 0.6) is 23.0 Å². The van der Waals surface area contributed by atoms with Crippen LogP contribution in [-0.2, 0) is 20.7 Å². The third-order valence-electron chi connectivity index (χ3n) is 9.91. The summed E-state index contributed by atoms with van der Waals surface area (Å²) in [5.41, 5.74) is 0.861. The largest absolute Gasteiger partial charge is 0.507 e. The summed E-state index contributed by atoms with van der Waals surface area (Å²) in [6, 6.07) is 1.48. The van der Waals surface area contributed by atoms with E-state index in [1.165, 1.54) is 33.9 Å². The summed E-state index contributed by atoms with van der Waals surface area (Å²) in [6.45, 7) is 15.9. The van der Waals surface area contributed by atoms with Gasteiger partial charge in [0.25, 0.3) is 0 Å². The van der Waals surface area contributed by atoms with Crippen molar-refractivity contribution in [2.45, 2.75) is 81.3 Å². The van der Waals surface area contributed by atoms with E-state index in [1.54, 1.807) is 41.5 Å². The Bertz CT molecular complexity index is 2180. The highest BCUT2D eigenvalue weighted by Crippen LogP contribution is 2.43. The number of esters is 3. The molecule has 3 N–H and O–H groups in total. The van der Waals surface area contributed by atoms with Gasteiger partial charge in [-0.2, -0.15) is 0 Å². The number of ether oxygens (including phenoxy) is 4. The van der Waals surface area contributed by atoms with E-state index in [-0.39, 0.29) is 55.7 Å². The number of carbonyl (C=O) groups is 5. The van der Waals surface area contributed by atoms with Gasteiger partial charge in [-0.15, -0.1) is 0 Å². The third kappa shape index (κ3) is 6.80. The molecule has 1 atom stereocenters. The van der Waals surface area contributed by atoms with E-state index in [2.05, 4.69) is 0 Å². The number of rotatable bonds is 9. The predicted molar refractivity (Wildman–Crippen MR) is 195 cm³/mol. The van der Waals surface area contributed by atoms with E-state index < -0.39 is 41.0 Å².